The number of ether oxygens (including phenoxy) is 2. The van der Waals surface area contributed by atoms with Crippen LogP contribution in [0.3, 0.4) is 0 Å². The van der Waals surface area contributed by atoms with E-state index < -0.39 is 6.04 Å². The Morgan fingerprint density at radius 1 is 1.09 bits per heavy atom. The number of methoxy groups -OCH3 is 1. The molecule has 1 aromatic heterocycles. The number of rotatable bonds is 11. The quantitative estimate of drug-likeness (QED) is 0.349. The molecule has 238 valence electrons. The number of carbonyl (C=O) groups is 3. The lowest BCUT2D eigenvalue weighted by atomic mass is 9.95. The van der Waals surface area contributed by atoms with E-state index in [1.54, 1.807) is 12.0 Å². The topological polar surface area (TPSA) is 104 Å². The summed E-state index contributed by atoms with van der Waals surface area (Å²) in [4.78, 5) is 49.8. The maximum atomic E-state index is 13.8. The summed E-state index contributed by atoms with van der Waals surface area (Å²) < 4.78 is 12.4. The van der Waals surface area contributed by atoms with Gasteiger partial charge in [-0.05, 0) is 76.5 Å². The van der Waals surface area contributed by atoms with E-state index in [1.807, 2.05) is 23.2 Å². The molecular weight excluding hydrogens is 718 g/mol. The number of nitrogens with zero attached hydrogens (tertiary/aromatic N) is 4. The van der Waals surface area contributed by atoms with Gasteiger partial charge in [0.15, 0.2) is 0 Å². The van der Waals surface area contributed by atoms with Crippen LogP contribution in [0.5, 0.6) is 0 Å². The lowest BCUT2D eigenvalue weighted by molar-refractivity contribution is -0.148. The zero-order chi connectivity index (χ0) is 31.2. The van der Waals surface area contributed by atoms with Crippen LogP contribution in [0, 0.1) is 0 Å². The Labute approximate surface area is 280 Å². The number of halogens is 3. The van der Waals surface area contributed by atoms with Crippen molar-refractivity contribution in [2.45, 2.75) is 44.2 Å². The average Bonchev–Trinajstić information content (AvgIpc) is 3.34. The van der Waals surface area contributed by atoms with Crippen molar-refractivity contribution in [3.8, 4) is 0 Å². The van der Waals surface area contributed by atoms with E-state index in [2.05, 4.69) is 48.1 Å². The van der Waals surface area contributed by atoms with Gasteiger partial charge in [-0.25, -0.2) is 0 Å². The molecule has 2 aliphatic heterocycles. The van der Waals surface area contributed by atoms with Crippen LogP contribution in [-0.2, 0) is 36.7 Å². The molecular formula is C31H38Br2ClN5O5. The van der Waals surface area contributed by atoms with Crippen LogP contribution in [0.15, 0.2) is 33.3 Å². The molecule has 0 saturated carbocycles. The third-order valence-electron chi connectivity index (χ3n) is 8.48. The van der Waals surface area contributed by atoms with E-state index in [1.165, 1.54) is 0 Å². The highest BCUT2D eigenvalue weighted by atomic mass is 79.9. The highest BCUT2D eigenvalue weighted by Crippen LogP contribution is 2.42. The third kappa shape index (κ3) is 7.82. The van der Waals surface area contributed by atoms with Crippen molar-refractivity contribution in [3.05, 3.63) is 60.7 Å². The number of amides is 3. The SMILES string of the molecule is COCCOCC(=O)N1CCN(C2c3ncc(Br)cc3CCc3cc(Cl)cc(Br)c32)CC1C(=O)NCCCN1CCCC1=O. The molecule has 0 bridgehead atoms. The summed E-state index contributed by atoms with van der Waals surface area (Å²) in [5.41, 5.74) is 4.28. The Morgan fingerprint density at radius 2 is 1.91 bits per heavy atom. The molecule has 1 aliphatic carbocycles. The first-order valence-corrected chi connectivity index (χ1v) is 17.0. The van der Waals surface area contributed by atoms with Gasteiger partial charge >= 0.3 is 0 Å². The summed E-state index contributed by atoms with van der Waals surface area (Å²) >= 11 is 13.9. The van der Waals surface area contributed by atoms with Crippen molar-refractivity contribution in [1.82, 2.24) is 25.0 Å². The minimum absolute atomic E-state index is 0.126. The van der Waals surface area contributed by atoms with Crippen LogP contribution >= 0.6 is 43.5 Å². The van der Waals surface area contributed by atoms with Gasteiger partial charge in [-0.15, -0.1) is 0 Å². The molecule has 2 aromatic rings. The van der Waals surface area contributed by atoms with Crippen LogP contribution in [0.4, 0.5) is 0 Å². The first-order valence-electron chi connectivity index (χ1n) is 15.0. The zero-order valence-electron chi connectivity index (χ0n) is 24.8. The van der Waals surface area contributed by atoms with Crippen molar-refractivity contribution in [1.29, 1.82) is 0 Å². The molecule has 5 rings (SSSR count). The van der Waals surface area contributed by atoms with Crippen LogP contribution in [-0.4, -0.2) is 110 Å². The number of piperazine rings is 1. The largest absolute Gasteiger partial charge is 0.382 e. The summed E-state index contributed by atoms with van der Waals surface area (Å²) in [5.74, 6) is -0.289. The summed E-state index contributed by atoms with van der Waals surface area (Å²) in [6.07, 6.45) is 5.55. The van der Waals surface area contributed by atoms with E-state index >= 15 is 0 Å². The van der Waals surface area contributed by atoms with Gasteiger partial charge in [0.05, 0.1) is 24.9 Å². The summed E-state index contributed by atoms with van der Waals surface area (Å²) in [7, 11) is 1.58. The van der Waals surface area contributed by atoms with Crippen molar-refractivity contribution < 1.29 is 23.9 Å². The van der Waals surface area contributed by atoms with Gasteiger partial charge in [0.2, 0.25) is 17.7 Å². The number of aromatic nitrogens is 1. The number of hydrogen-bond donors (Lipinski definition) is 1. The third-order valence-corrected chi connectivity index (χ3v) is 9.78. The minimum atomic E-state index is -0.729. The molecule has 13 heteroatoms. The molecule has 2 fully saturated rings. The van der Waals surface area contributed by atoms with Gasteiger partial charge in [-0.1, -0.05) is 27.5 Å². The Kier molecular flexibility index (Phi) is 11.7. The normalized spacial score (nSPS) is 20.3. The van der Waals surface area contributed by atoms with Gasteiger partial charge in [0, 0.05) is 73.0 Å². The maximum absolute atomic E-state index is 13.8. The smallest absolute Gasteiger partial charge is 0.249 e. The van der Waals surface area contributed by atoms with E-state index in [0.717, 1.165) is 57.1 Å². The van der Waals surface area contributed by atoms with Crippen LogP contribution in [0.1, 0.15) is 47.7 Å². The zero-order valence-corrected chi connectivity index (χ0v) is 28.8. The van der Waals surface area contributed by atoms with Gasteiger partial charge in [-0.3, -0.25) is 24.3 Å². The molecule has 3 heterocycles. The first-order chi connectivity index (χ1) is 21.3. The Hall–Kier alpha value is -2.09. The standard InChI is InChI=1S/C31H38Br2ClN5O5/c1-43-12-13-44-19-27(41)39-11-10-38(18-25(39)31(42)35-7-3-9-37-8-2-4-26(37)40)30-28-20(15-23(34)16-24(28)33)5-6-21-14-22(32)17-36-29(21)30/h14-17,25,30H,2-13,18-19H2,1H3,(H,35,42). The second-order valence-corrected chi connectivity index (χ2v) is 13.5. The number of pyridine rings is 1. The Balaban J connectivity index is 1.39. The summed E-state index contributed by atoms with van der Waals surface area (Å²) in [6.45, 7) is 3.56. The Morgan fingerprint density at radius 3 is 2.68 bits per heavy atom. The number of likely N-dealkylation sites (tertiary alicyclic amines) is 1. The predicted molar refractivity (Wildman–Crippen MR) is 174 cm³/mol. The van der Waals surface area contributed by atoms with Crippen molar-refractivity contribution in [3.63, 3.8) is 0 Å². The van der Waals surface area contributed by atoms with Crippen LogP contribution < -0.4 is 5.32 Å². The maximum Gasteiger partial charge on any atom is 0.249 e. The fourth-order valence-electron chi connectivity index (χ4n) is 6.34. The second kappa shape index (κ2) is 15.5. The lowest BCUT2D eigenvalue weighted by Gasteiger charge is -2.44. The average molecular weight is 756 g/mol. The highest BCUT2D eigenvalue weighted by molar-refractivity contribution is 9.10. The molecule has 0 radical (unpaired) electrons. The Bertz CT molecular complexity index is 1380. The van der Waals surface area contributed by atoms with Crippen LogP contribution in [0.2, 0.25) is 5.02 Å². The molecule has 3 aliphatic rings. The molecule has 2 atom stereocenters. The molecule has 3 amide bonds. The van der Waals surface area contributed by atoms with Crippen LogP contribution in [0.25, 0.3) is 0 Å². The van der Waals surface area contributed by atoms with Gasteiger partial charge in [0.1, 0.15) is 12.6 Å². The number of aryl methyl sites for hydroxylation is 2. The summed E-state index contributed by atoms with van der Waals surface area (Å²) in [5, 5.41) is 3.70. The van der Waals surface area contributed by atoms with Crippen molar-refractivity contribution in [2.75, 3.05) is 66.2 Å². The van der Waals surface area contributed by atoms with Gasteiger partial charge in [-0.2, -0.15) is 0 Å². The molecule has 1 aromatic carbocycles. The predicted octanol–water partition coefficient (Wildman–Crippen LogP) is 3.75. The second-order valence-electron chi connectivity index (χ2n) is 11.3. The van der Waals surface area contributed by atoms with E-state index in [-0.39, 0.29) is 30.4 Å². The van der Waals surface area contributed by atoms with E-state index in [9.17, 15) is 14.4 Å². The lowest BCUT2D eigenvalue weighted by Crippen LogP contribution is -2.61. The molecule has 2 saturated heterocycles. The number of hydrogen-bond acceptors (Lipinski definition) is 7. The number of nitrogens with one attached hydrogen (secondary N) is 1. The number of benzene rings is 1. The number of carbonyl (C=O) groups excluding carboxylic acids is 3. The molecule has 0 spiro atoms. The molecule has 10 nitrogen and oxygen atoms in total. The fraction of sp³-hybridized carbons (Fsp3) is 0.548. The fourth-order valence-corrected chi connectivity index (χ4v) is 7.81. The van der Waals surface area contributed by atoms with Gasteiger partial charge < -0.3 is 24.6 Å². The van der Waals surface area contributed by atoms with Crippen molar-refractivity contribution in [2.24, 2.45) is 0 Å². The monoisotopic (exact) mass is 753 g/mol. The van der Waals surface area contributed by atoms with E-state index in [0.29, 0.717) is 63.8 Å². The van der Waals surface area contributed by atoms with E-state index in [4.69, 9.17) is 26.1 Å². The molecule has 44 heavy (non-hydrogen) atoms. The first kappa shape index (κ1) is 33.3. The number of fused-ring (bicyclic) bond motifs is 2. The highest BCUT2D eigenvalue weighted by Gasteiger charge is 2.41. The minimum Gasteiger partial charge on any atom is -0.382 e. The molecule has 2 unspecified atom stereocenters. The van der Waals surface area contributed by atoms with Crippen molar-refractivity contribution >= 4 is 61.2 Å². The molecule has 1 N–H and O–H groups in total. The summed E-state index contributed by atoms with van der Waals surface area (Å²) in [6, 6.07) is 5.07. The van der Waals surface area contributed by atoms with Gasteiger partial charge in [0.25, 0.3) is 0 Å².